The smallest absolute Gasteiger partial charge is 0.407 e. The van der Waals surface area contributed by atoms with Gasteiger partial charge in [0.15, 0.2) is 0 Å². The maximum absolute atomic E-state index is 12.1. The second-order valence-electron chi connectivity index (χ2n) is 6.75. The summed E-state index contributed by atoms with van der Waals surface area (Å²) in [5.74, 6) is -0.220. The van der Waals surface area contributed by atoms with Gasteiger partial charge in [-0.25, -0.2) is 4.79 Å². The molecule has 0 bridgehead atoms. The fourth-order valence-corrected chi connectivity index (χ4v) is 3.45. The van der Waals surface area contributed by atoms with Crippen LogP contribution in [0.15, 0.2) is 61.2 Å². The molecule has 1 aliphatic rings. The second-order valence-corrected chi connectivity index (χ2v) is 6.75. The van der Waals surface area contributed by atoms with Crippen LogP contribution in [0.1, 0.15) is 23.5 Å². The first kappa shape index (κ1) is 20.6. The summed E-state index contributed by atoms with van der Waals surface area (Å²) >= 11 is 0. The molecule has 2 aromatic carbocycles. The Kier molecular flexibility index (Phi) is 7.41. The van der Waals surface area contributed by atoms with Crippen molar-refractivity contribution in [3.8, 4) is 11.1 Å². The number of hydrogen-bond acceptors (Lipinski definition) is 5. The molecule has 0 spiro atoms. The van der Waals surface area contributed by atoms with Crippen LogP contribution in [0.2, 0.25) is 0 Å². The molecule has 1 amide bonds. The lowest BCUT2D eigenvalue weighted by Gasteiger charge is -2.14. The van der Waals surface area contributed by atoms with E-state index in [1.165, 1.54) is 28.3 Å². The van der Waals surface area contributed by atoms with Crippen molar-refractivity contribution in [1.29, 1.82) is 0 Å². The predicted octanol–water partition coefficient (Wildman–Crippen LogP) is 3.23. The lowest BCUT2D eigenvalue weighted by atomic mass is 9.98. The summed E-state index contributed by atoms with van der Waals surface area (Å²) in [5, 5.41) is 5.65. The number of amides is 1. The van der Waals surface area contributed by atoms with Crippen LogP contribution in [0.3, 0.4) is 0 Å². The zero-order chi connectivity index (χ0) is 20.5. The highest BCUT2D eigenvalue weighted by Crippen LogP contribution is 2.44. The molecule has 0 saturated heterocycles. The van der Waals surface area contributed by atoms with Crippen molar-refractivity contribution in [3.05, 3.63) is 72.3 Å². The number of carbonyl (C=O) groups is 2. The Labute approximate surface area is 170 Å². The first-order valence-corrected chi connectivity index (χ1v) is 9.76. The molecule has 0 aromatic heterocycles. The highest BCUT2D eigenvalue weighted by Gasteiger charge is 2.28. The van der Waals surface area contributed by atoms with E-state index in [4.69, 9.17) is 9.47 Å². The Bertz CT molecular complexity index is 820. The van der Waals surface area contributed by atoms with Gasteiger partial charge in [0.1, 0.15) is 13.2 Å². The lowest BCUT2D eigenvalue weighted by molar-refractivity contribution is -0.142. The first-order chi connectivity index (χ1) is 14.2. The van der Waals surface area contributed by atoms with Crippen LogP contribution in [-0.4, -0.2) is 44.9 Å². The van der Waals surface area contributed by atoms with Crippen molar-refractivity contribution in [1.82, 2.24) is 10.6 Å². The van der Waals surface area contributed by atoms with Gasteiger partial charge in [-0.05, 0) is 35.2 Å². The van der Waals surface area contributed by atoms with Crippen molar-refractivity contribution in [2.24, 2.45) is 0 Å². The highest BCUT2D eigenvalue weighted by atomic mass is 16.5. The van der Waals surface area contributed by atoms with E-state index in [1.807, 2.05) is 24.3 Å². The van der Waals surface area contributed by atoms with Crippen LogP contribution >= 0.6 is 0 Å². The van der Waals surface area contributed by atoms with Crippen LogP contribution in [0.5, 0.6) is 0 Å². The van der Waals surface area contributed by atoms with Gasteiger partial charge in [-0.2, -0.15) is 0 Å². The molecule has 0 saturated carbocycles. The molecule has 0 atom stereocenters. The number of alkyl carbamates (subject to hydrolysis) is 1. The fraction of sp³-hybridized carbons (Fsp3) is 0.304. The molecule has 6 nitrogen and oxygen atoms in total. The van der Waals surface area contributed by atoms with Crippen molar-refractivity contribution in [3.63, 3.8) is 0 Å². The van der Waals surface area contributed by atoms with Crippen LogP contribution < -0.4 is 10.6 Å². The summed E-state index contributed by atoms with van der Waals surface area (Å²) in [6, 6.07) is 16.5. The average molecular weight is 394 g/mol. The Morgan fingerprint density at radius 2 is 1.62 bits per heavy atom. The van der Waals surface area contributed by atoms with Gasteiger partial charge < -0.3 is 20.1 Å². The average Bonchev–Trinajstić information content (AvgIpc) is 3.07. The predicted molar refractivity (Wildman–Crippen MR) is 112 cm³/mol. The third-order valence-corrected chi connectivity index (χ3v) is 4.77. The first-order valence-electron chi connectivity index (χ1n) is 9.76. The summed E-state index contributed by atoms with van der Waals surface area (Å²) in [5.41, 5.74) is 4.82. The summed E-state index contributed by atoms with van der Waals surface area (Å²) in [7, 11) is 0. The van der Waals surface area contributed by atoms with E-state index in [1.54, 1.807) is 0 Å². The largest absolute Gasteiger partial charge is 0.464 e. The molecule has 0 heterocycles. The molecule has 3 rings (SSSR count). The molecule has 0 aliphatic heterocycles. The Morgan fingerprint density at radius 3 is 2.28 bits per heavy atom. The molecule has 0 radical (unpaired) electrons. The van der Waals surface area contributed by atoms with E-state index in [0.29, 0.717) is 26.1 Å². The number of hydrogen-bond donors (Lipinski definition) is 2. The van der Waals surface area contributed by atoms with Crippen LogP contribution in [0.4, 0.5) is 4.79 Å². The van der Waals surface area contributed by atoms with E-state index in [2.05, 4.69) is 41.5 Å². The summed E-state index contributed by atoms with van der Waals surface area (Å²) in [6.45, 7) is 5.18. The van der Waals surface area contributed by atoms with E-state index >= 15 is 0 Å². The normalized spacial score (nSPS) is 12.0. The lowest BCUT2D eigenvalue weighted by Crippen LogP contribution is -2.30. The van der Waals surface area contributed by atoms with Crippen LogP contribution in [-0.2, 0) is 14.3 Å². The number of carbonyl (C=O) groups excluding carboxylic acids is 2. The maximum Gasteiger partial charge on any atom is 0.407 e. The zero-order valence-corrected chi connectivity index (χ0v) is 16.4. The van der Waals surface area contributed by atoms with Gasteiger partial charge in [0.05, 0.1) is 6.54 Å². The number of nitrogens with one attached hydrogen (secondary N) is 2. The molecular formula is C23H26N2O4. The monoisotopic (exact) mass is 394 g/mol. The number of benzene rings is 2. The van der Waals surface area contributed by atoms with Crippen LogP contribution in [0.25, 0.3) is 11.1 Å². The van der Waals surface area contributed by atoms with Gasteiger partial charge in [0.25, 0.3) is 0 Å². The van der Waals surface area contributed by atoms with Crippen LogP contribution in [0, 0.1) is 0 Å². The molecule has 2 aromatic rings. The third-order valence-electron chi connectivity index (χ3n) is 4.77. The van der Waals surface area contributed by atoms with E-state index < -0.39 is 6.09 Å². The quantitative estimate of drug-likeness (QED) is 0.368. The Balaban J connectivity index is 1.38. The molecule has 0 fully saturated rings. The Morgan fingerprint density at radius 1 is 0.966 bits per heavy atom. The topological polar surface area (TPSA) is 76.7 Å². The van der Waals surface area contributed by atoms with E-state index in [0.717, 1.165) is 0 Å². The highest BCUT2D eigenvalue weighted by molar-refractivity contribution is 5.79. The minimum atomic E-state index is -0.471. The number of ether oxygens (including phenoxy) is 2. The van der Waals surface area contributed by atoms with Gasteiger partial charge in [-0.3, -0.25) is 4.79 Å². The van der Waals surface area contributed by atoms with E-state index in [-0.39, 0.29) is 25.0 Å². The van der Waals surface area contributed by atoms with Gasteiger partial charge in [-0.1, -0.05) is 61.2 Å². The third kappa shape index (κ3) is 5.45. The van der Waals surface area contributed by atoms with Gasteiger partial charge >= 0.3 is 12.1 Å². The number of fused-ring (bicyclic) bond motifs is 3. The summed E-state index contributed by atoms with van der Waals surface area (Å²) in [4.78, 5) is 23.4. The van der Waals surface area contributed by atoms with Gasteiger partial charge in [0.2, 0.25) is 0 Å². The molecule has 2 N–H and O–H groups in total. The minimum Gasteiger partial charge on any atom is -0.464 e. The SMILES string of the molecule is C=CCOC(=O)NCCCNCC(=O)OCC1c2ccccc2-c2ccccc21. The van der Waals surface area contributed by atoms with E-state index in [9.17, 15) is 9.59 Å². The Hall–Kier alpha value is -3.12. The molecule has 29 heavy (non-hydrogen) atoms. The van der Waals surface area contributed by atoms with Crippen molar-refractivity contribution in [2.75, 3.05) is 32.8 Å². The van der Waals surface area contributed by atoms with Crippen molar-refractivity contribution >= 4 is 12.1 Å². The molecule has 6 heteroatoms. The van der Waals surface area contributed by atoms with Gasteiger partial charge in [-0.15, -0.1) is 0 Å². The molecule has 152 valence electrons. The minimum absolute atomic E-state index is 0.0668. The molecule has 1 aliphatic carbocycles. The zero-order valence-electron chi connectivity index (χ0n) is 16.4. The number of esters is 1. The summed E-state index contributed by atoms with van der Waals surface area (Å²) in [6.07, 6.45) is 1.72. The fourth-order valence-electron chi connectivity index (χ4n) is 3.45. The van der Waals surface area contributed by atoms with Crippen molar-refractivity contribution < 1.29 is 19.1 Å². The number of rotatable bonds is 10. The molecular weight excluding hydrogens is 368 g/mol. The standard InChI is InChI=1S/C23H26N2O4/c1-2-14-28-23(27)25-13-7-12-24-15-22(26)29-16-21-19-10-5-3-8-17(19)18-9-4-6-11-20(18)21/h2-6,8-11,21,24H,1,7,12-16H2,(H,25,27). The maximum atomic E-state index is 12.1. The molecule has 0 unspecified atom stereocenters. The second kappa shape index (κ2) is 10.4. The summed E-state index contributed by atoms with van der Waals surface area (Å²) < 4.78 is 10.3. The van der Waals surface area contributed by atoms with Gasteiger partial charge in [0, 0.05) is 12.5 Å². The van der Waals surface area contributed by atoms with Crippen molar-refractivity contribution in [2.45, 2.75) is 12.3 Å².